The predicted molar refractivity (Wildman–Crippen MR) is 54.7 cm³/mol. The monoisotopic (exact) mass is 152 g/mol. The average Bonchev–Trinajstić information content (AvgIpc) is 1.56. The molecule has 64 valence electrons. The Morgan fingerprint density at radius 2 is 1.18 bits per heavy atom. The SMILES string of the molecule is C=C(C)C.C=C(C)C=C(C)C. The van der Waals surface area contributed by atoms with Crippen LogP contribution < -0.4 is 0 Å². The van der Waals surface area contributed by atoms with Crippen molar-refractivity contribution in [3.8, 4) is 0 Å². The zero-order chi connectivity index (χ0) is 9.44. The fraction of sp³-hybridized carbons (Fsp3) is 0.455. The zero-order valence-corrected chi connectivity index (χ0v) is 8.49. The molecule has 0 aliphatic carbocycles. The lowest BCUT2D eigenvalue weighted by Gasteiger charge is -1.85. The molecule has 0 radical (unpaired) electrons. The van der Waals surface area contributed by atoms with Crippen LogP contribution in [0, 0.1) is 0 Å². The minimum absolute atomic E-state index is 1.12. The maximum absolute atomic E-state index is 3.72. The molecule has 0 aliphatic heterocycles. The fourth-order valence-corrected chi connectivity index (χ4v) is 0.493. The van der Waals surface area contributed by atoms with Crippen LogP contribution in [0.4, 0.5) is 0 Å². The van der Waals surface area contributed by atoms with Crippen LogP contribution in [0.25, 0.3) is 0 Å². The molecule has 0 atom stereocenters. The van der Waals surface area contributed by atoms with Gasteiger partial charge < -0.3 is 0 Å². The molecule has 0 N–H and O–H groups in total. The van der Waals surface area contributed by atoms with E-state index in [1.54, 1.807) is 0 Å². The summed E-state index contributed by atoms with van der Waals surface area (Å²) in [6, 6.07) is 0. The van der Waals surface area contributed by atoms with Crippen molar-refractivity contribution in [1.82, 2.24) is 0 Å². The van der Waals surface area contributed by atoms with E-state index in [-0.39, 0.29) is 0 Å². The lowest BCUT2D eigenvalue weighted by Crippen LogP contribution is -1.64. The third-order valence-electron chi connectivity index (χ3n) is 0.535. The van der Waals surface area contributed by atoms with Gasteiger partial charge in [-0.15, -0.1) is 6.58 Å². The normalized spacial score (nSPS) is 7.36. The summed E-state index contributed by atoms with van der Waals surface area (Å²) in [6.07, 6.45) is 2.06. The summed E-state index contributed by atoms with van der Waals surface area (Å²) in [5.74, 6) is 0. The highest BCUT2D eigenvalue weighted by Gasteiger charge is 1.73. The van der Waals surface area contributed by atoms with Gasteiger partial charge in [-0.2, -0.15) is 0 Å². The maximum Gasteiger partial charge on any atom is -0.0404 e. The van der Waals surface area contributed by atoms with E-state index in [0.29, 0.717) is 0 Å². The molecule has 0 rings (SSSR count). The molecule has 0 saturated heterocycles. The van der Waals surface area contributed by atoms with Gasteiger partial charge in [-0.1, -0.05) is 29.4 Å². The smallest absolute Gasteiger partial charge is 0.0404 e. The van der Waals surface area contributed by atoms with Gasteiger partial charge in [0, 0.05) is 0 Å². The highest BCUT2D eigenvalue weighted by atomic mass is 13.8. The van der Waals surface area contributed by atoms with E-state index in [9.17, 15) is 0 Å². The van der Waals surface area contributed by atoms with E-state index in [1.165, 1.54) is 11.1 Å². The van der Waals surface area contributed by atoms with Crippen molar-refractivity contribution < 1.29 is 0 Å². The molecule has 0 saturated carbocycles. The van der Waals surface area contributed by atoms with Crippen LogP contribution in [0.3, 0.4) is 0 Å². The quantitative estimate of drug-likeness (QED) is 0.392. The summed E-state index contributed by atoms with van der Waals surface area (Å²) in [5.41, 5.74) is 3.60. The minimum Gasteiger partial charge on any atom is -0.100 e. The summed E-state index contributed by atoms with van der Waals surface area (Å²) in [6.45, 7) is 17.3. The fourth-order valence-electron chi connectivity index (χ4n) is 0.493. The number of allylic oxidation sites excluding steroid dienone is 4. The van der Waals surface area contributed by atoms with Crippen LogP contribution in [-0.4, -0.2) is 0 Å². The van der Waals surface area contributed by atoms with Gasteiger partial charge in [-0.3, -0.25) is 0 Å². The van der Waals surface area contributed by atoms with Crippen molar-refractivity contribution in [2.45, 2.75) is 34.6 Å². The van der Waals surface area contributed by atoms with Crippen LogP contribution in [0.2, 0.25) is 0 Å². The molecule has 0 spiro atoms. The predicted octanol–water partition coefficient (Wildman–Crippen LogP) is 4.11. The molecule has 0 fully saturated rings. The van der Waals surface area contributed by atoms with Crippen molar-refractivity contribution in [3.63, 3.8) is 0 Å². The molecule has 11 heavy (non-hydrogen) atoms. The van der Waals surface area contributed by atoms with Crippen molar-refractivity contribution in [1.29, 1.82) is 0 Å². The third-order valence-corrected chi connectivity index (χ3v) is 0.535. The summed E-state index contributed by atoms with van der Waals surface area (Å²) >= 11 is 0. The van der Waals surface area contributed by atoms with Crippen LogP contribution in [-0.2, 0) is 0 Å². The summed E-state index contributed by atoms with van der Waals surface area (Å²) in [7, 11) is 0. The van der Waals surface area contributed by atoms with Gasteiger partial charge in [0.15, 0.2) is 0 Å². The van der Waals surface area contributed by atoms with Crippen LogP contribution in [0.15, 0.2) is 36.0 Å². The molecule has 0 heteroatoms. The topological polar surface area (TPSA) is 0 Å². The third kappa shape index (κ3) is 46.4. The van der Waals surface area contributed by atoms with Crippen LogP contribution in [0.1, 0.15) is 34.6 Å². The van der Waals surface area contributed by atoms with Gasteiger partial charge >= 0.3 is 0 Å². The van der Waals surface area contributed by atoms with Gasteiger partial charge in [-0.05, 0) is 34.6 Å². The van der Waals surface area contributed by atoms with E-state index in [1.807, 2.05) is 20.8 Å². The Balaban J connectivity index is 0. The summed E-state index contributed by atoms with van der Waals surface area (Å²) in [4.78, 5) is 0. The van der Waals surface area contributed by atoms with E-state index >= 15 is 0 Å². The van der Waals surface area contributed by atoms with E-state index in [4.69, 9.17) is 0 Å². The maximum atomic E-state index is 3.72. The Hall–Kier alpha value is -0.780. The van der Waals surface area contributed by atoms with Crippen molar-refractivity contribution in [2.75, 3.05) is 0 Å². The highest BCUT2D eigenvalue weighted by Crippen LogP contribution is 1.95. The summed E-state index contributed by atoms with van der Waals surface area (Å²) < 4.78 is 0. The molecule has 0 aromatic carbocycles. The number of hydrogen-bond donors (Lipinski definition) is 0. The second kappa shape index (κ2) is 7.33. The molecule has 0 heterocycles. The average molecular weight is 152 g/mol. The highest BCUT2D eigenvalue weighted by molar-refractivity contribution is 5.15. The second-order valence-corrected chi connectivity index (χ2v) is 3.28. The molecule has 0 nitrogen and oxygen atoms in total. The molecule has 0 aromatic rings. The van der Waals surface area contributed by atoms with Gasteiger partial charge in [-0.25, -0.2) is 0 Å². The van der Waals surface area contributed by atoms with Gasteiger partial charge in [0.2, 0.25) is 0 Å². The van der Waals surface area contributed by atoms with Crippen molar-refractivity contribution in [2.24, 2.45) is 0 Å². The Bertz CT molecular complexity index is 151. The van der Waals surface area contributed by atoms with Crippen LogP contribution >= 0.6 is 0 Å². The first-order chi connectivity index (χ1) is 4.86. The summed E-state index contributed by atoms with van der Waals surface area (Å²) in [5, 5.41) is 0. The lowest BCUT2D eigenvalue weighted by molar-refractivity contribution is 1.36. The van der Waals surface area contributed by atoms with Gasteiger partial charge in [0.05, 0.1) is 0 Å². The molecule has 0 unspecified atom stereocenters. The first-order valence-corrected chi connectivity index (χ1v) is 3.78. The largest absolute Gasteiger partial charge is 0.100 e. The van der Waals surface area contributed by atoms with Crippen molar-refractivity contribution in [3.05, 3.63) is 36.0 Å². The van der Waals surface area contributed by atoms with Crippen molar-refractivity contribution >= 4 is 0 Å². The first-order valence-electron chi connectivity index (χ1n) is 3.78. The first kappa shape index (κ1) is 12.9. The molecule has 0 aromatic heterocycles. The second-order valence-electron chi connectivity index (χ2n) is 3.28. The lowest BCUT2D eigenvalue weighted by atomic mass is 10.2. The molecule has 0 aliphatic rings. The Morgan fingerprint density at radius 1 is 0.909 bits per heavy atom. The van der Waals surface area contributed by atoms with E-state index in [0.717, 1.165) is 5.57 Å². The molecular formula is C11H20. The Morgan fingerprint density at radius 3 is 1.18 bits per heavy atom. The number of hydrogen-bond acceptors (Lipinski definition) is 0. The van der Waals surface area contributed by atoms with Crippen LogP contribution in [0.5, 0.6) is 0 Å². The molecule has 0 amide bonds. The standard InChI is InChI=1S/C7H12.C4H8/c1-6(2)5-7(3)4;1-4(2)3/h5H,1H2,2-4H3;1H2,2-3H3. The zero-order valence-electron chi connectivity index (χ0n) is 8.49. The Kier molecular flexibility index (Phi) is 8.57. The molecule has 0 bridgehead atoms. The molecular weight excluding hydrogens is 132 g/mol. The van der Waals surface area contributed by atoms with Gasteiger partial charge in [0.25, 0.3) is 0 Å². The number of rotatable bonds is 1. The Labute approximate surface area is 71.3 Å². The minimum atomic E-state index is 1.12. The van der Waals surface area contributed by atoms with E-state index in [2.05, 4.69) is 33.1 Å². The van der Waals surface area contributed by atoms with E-state index < -0.39 is 0 Å². The van der Waals surface area contributed by atoms with Gasteiger partial charge in [0.1, 0.15) is 0 Å².